The second-order valence-electron chi connectivity index (χ2n) is 6.21. The Labute approximate surface area is 140 Å². The summed E-state index contributed by atoms with van der Waals surface area (Å²) in [6.45, 7) is 0. The summed E-state index contributed by atoms with van der Waals surface area (Å²) in [6, 6.07) is -0.522. The lowest BCUT2D eigenvalue weighted by Gasteiger charge is -2.65. The molecule has 126 valence electrons. The maximum Gasteiger partial charge on any atom is 0.229 e. The normalized spacial score (nSPS) is 34.7. The third-order valence-corrected chi connectivity index (χ3v) is 6.22. The van der Waals surface area contributed by atoms with Gasteiger partial charge in [0.05, 0.1) is 0 Å². The fourth-order valence-electron chi connectivity index (χ4n) is 3.35. The number of aliphatic hydroxyl groups is 3. The molecule has 0 heterocycles. The monoisotopic (exact) mass is 363 g/mol. The van der Waals surface area contributed by atoms with Gasteiger partial charge in [-0.15, -0.1) is 0 Å². The second kappa shape index (κ2) is 5.61. The Morgan fingerprint density at radius 1 is 0.857 bits per heavy atom. The molecule has 0 spiro atoms. The van der Waals surface area contributed by atoms with Crippen LogP contribution in [-0.4, -0.2) is 99.2 Å². The molecule has 0 bridgehead atoms. The van der Waals surface area contributed by atoms with E-state index in [1.165, 1.54) is 0 Å². The molecule has 0 saturated heterocycles. The Bertz CT molecular complexity index is 392. The van der Waals surface area contributed by atoms with Crippen LogP contribution in [0.25, 0.3) is 0 Å². The first kappa shape index (κ1) is 19.7. The molecule has 0 aromatic heterocycles. The number of hydrogen-bond donors (Lipinski definition) is 3. The molecule has 1 aliphatic carbocycles. The molecule has 1 rings (SSSR count). The summed E-state index contributed by atoms with van der Waals surface area (Å²) in [7, 11) is 10.5. The van der Waals surface area contributed by atoms with E-state index in [2.05, 4.69) is 0 Å². The van der Waals surface area contributed by atoms with E-state index < -0.39 is 26.9 Å². The van der Waals surface area contributed by atoms with Crippen molar-refractivity contribution < 1.29 is 15.3 Å². The lowest BCUT2D eigenvalue weighted by molar-refractivity contribution is -0.302. The molecule has 2 atom stereocenters. The van der Waals surface area contributed by atoms with E-state index in [0.717, 1.165) is 0 Å². The molecule has 0 aliphatic heterocycles. The predicted molar refractivity (Wildman–Crippen MR) is 84.6 cm³/mol. The van der Waals surface area contributed by atoms with Crippen LogP contribution in [0.15, 0.2) is 0 Å². The van der Waals surface area contributed by atoms with Gasteiger partial charge < -0.3 is 20.2 Å². The Hall–Kier alpha value is 0.630. The summed E-state index contributed by atoms with van der Waals surface area (Å²) in [5.74, 6) is -2.65. The Balaban J connectivity index is 3.70. The van der Waals surface area contributed by atoms with Crippen molar-refractivity contribution in [2.45, 2.75) is 33.3 Å². The highest BCUT2D eigenvalue weighted by Gasteiger charge is 2.77. The molecule has 0 aromatic rings. The highest BCUT2D eigenvalue weighted by Crippen LogP contribution is 2.59. The van der Waals surface area contributed by atoms with Gasteiger partial charge in [0, 0.05) is 12.5 Å². The minimum absolute atomic E-state index is 0.239. The van der Waals surface area contributed by atoms with Crippen molar-refractivity contribution in [1.82, 2.24) is 14.7 Å². The van der Waals surface area contributed by atoms with Crippen molar-refractivity contribution in [3.8, 4) is 0 Å². The topological polar surface area (TPSA) is 70.4 Å². The van der Waals surface area contributed by atoms with E-state index in [1.54, 1.807) is 57.0 Å². The number of nitrogens with zero attached hydrogens (tertiary/aromatic N) is 3. The zero-order valence-corrected chi connectivity index (χ0v) is 15.4. The lowest BCUT2D eigenvalue weighted by atomic mass is 9.75. The molecule has 1 aliphatic rings. The number of alkyl halides is 3. The van der Waals surface area contributed by atoms with Crippen LogP contribution in [0.4, 0.5) is 0 Å². The van der Waals surface area contributed by atoms with E-state index in [0.29, 0.717) is 0 Å². The van der Waals surface area contributed by atoms with Crippen molar-refractivity contribution in [3.05, 3.63) is 0 Å². The molecular formula is C12H24Cl3N3O3. The minimum atomic E-state index is -2.66. The molecule has 0 radical (unpaired) electrons. The number of halogens is 3. The highest BCUT2D eigenvalue weighted by atomic mass is 35.5. The summed E-state index contributed by atoms with van der Waals surface area (Å²) < 4.78 is -2.11. The Morgan fingerprint density at radius 2 is 1.24 bits per heavy atom. The fraction of sp³-hybridized carbons (Fsp3) is 1.00. The van der Waals surface area contributed by atoms with Crippen LogP contribution in [0.1, 0.15) is 6.42 Å². The average Bonchev–Trinajstić information content (AvgIpc) is 2.24. The van der Waals surface area contributed by atoms with Gasteiger partial charge in [0.1, 0.15) is 5.66 Å². The maximum absolute atomic E-state index is 10.5. The largest absolute Gasteiger partial charge is 0.368 e. The first-order valence-electron chi connectivity index (χ1n) is 6.43. The molecule has 0 amide bonds. The SMILES string of the molecule is CN(C)C1CC(O)(O)C(O)(Cl)C(Cl)(Cl)C1(N(C)C)N(C)C. The van der Waals surface area contributed by atoms with Gasteiger partial charge in [-0.05, 0) is 42.3 Å². The van der Waals surface area contributed by atoms with Gasteiger partial charge in [0.25, 0.3) is 0 Å². The van der Waals surface area contributed by atoms with Gasteiger partial charge in [0.2, 0.25) is 10.8 Å². The van der Waals surface area contributed by atoms with E-state index in [4.69, 9.17) is 34.8 Å². The molecule has 1 fully saturated rings. The summed E-state index contributed by atoms with van der Waals surface area (Å²) in [5, 5.41) is 28.2. The van der Waals surface area contributed by atoms with Gasteiger partial charge in [-0.2, -0.15) is 0 Å². The molecule has 0 aromatic carbocycles. The van der Waals surface area contributed by atoms with E-state index >= 15 is 0 Å². The quantitative estimate of drug-likeness (QED) is 0.481. The third-order valence-electron chi connectivity index (χ3n) is 4.34. The van der Waals surface area contributed by atoms with Crippen LogP contribution in [0.2, 0.25) is 0 Å². The molecule has 9 heteroatoms. The zero-order valence-electron chi connectivity index (χ0n) is 13.1. The summed E-state index contributed by atoms with van der Waals surface area (Å²) in [4.78, 5) is 5.22. The van der Waals surface area contributed by atoms with E-state index in [1.807, 2.05) is 0 Å². The van der Waals surface area contributed by atoms with Gasteiger partial charge in [-0.3, -0.25) is 9.80 Å². The standard InChI is InChI=1S/C12H24Cl3N3O3/c1-16(2)8-7-9(19,20)12(15,21)11(13,14)10(8,17(3)4)18(5)6/h8,19-21H,7H2,1-6H3. The average molecular weight is 365 g/mol. The molecule has 1 saturated carbocycles. The van der Waals surface area contributed by atoms with Crippen LogP contribution >= 0.6 is 34.8 Å². The maximum atomic E-state index is 10.5. The molecule has 21 heavy (non-hydrogen) atoms. The first-order chi connectivity index (χ1) is 9.18. The highest BCUT2D eigenvalue weighted by molar-refractivity contribution is 6.54. The smallest absolute Gasteiger partial charge is 0.229 e. The Morgan fingerprint density at radius 3 is 1.52 bits per heavy atom. The van der Waals surface area contributed by atoms with E-state index in [-0.39, 0.29) is 6.42 Å². The van der Waals surface area contributed by atoms with Crippen molar-refractivity contribution in [3.63, 3.8) is 0 Å². The van der Waals surface area contributed by atoms with Crippen molar-refractivity contribution in [2.24, 2.45) is 0 Å². The first-order valence-corrected chi connectivity index (χ1v) is 7.56. The second-order valence-corrected chi connectivity index (χ2v) is 8.09. The predicted octanol–water partition coefficient (Wildman–Crippen LogP) is -0.0780. The number of hydrogen-bond acceptors (Lipinski definition) is 6. The van der Waals surface area contributed by atoms with Crippen LogP contribution in [-0.2, 0) is 0 Å². The summed E-state index contributed by atoms with van der Waals surface area (Å²) in [5.41, 5.74) is -1.18. The van der Waals surface area contributed by atoms with Gasteiger partial charge in [0.15, 0.2) is 4.33 Å². The lowest BCUT2D eigenvalue weighted by Crippen LogP contribution is -2.85. The Kier molecular flexibility index (Phi) is 5.26. The van der Waals surface area contributed by atoms with Crippen molar-refractivity contribution >= 4 is 34.8 Å². The fourth-order valence-corrected chi connectivity index (χ4v) is 4.80. The van der Waals surface area contributed by atoms with Gasteiger partial charge in [-0.25, -0.2) is 0 Å². The van der Waals surface area contributed by atoms with Gasteiger partial charge in [-0.1, -0.05) is 34.8 Å². The minimum Gasteiger partial charge on any atom is -0.368 e. The van der Waals surface area contributed by atoms with E-state index in [9.17, 15) is 15.3 Å². The van der Waals surface area contributed by atoms with Crippen LogP contribution in [0.5, 0.6) is 0 Å². The van der Waals surface area contributed by atoms with Crippen molar-refractivity contribution in [2.75, 3.05) is 42.3 Å². The number of rotatable bonds is 3. The third kappa shape index (κ3) is 2.40. The van der Waals surface area contributed by atoms with Gasteiger partial charge >= 0.3 is 0 Å². The molecular weight excluding hydrogens is 341 g/mol. The van der Waals surface area contributed by atoms with Crippen molar-refractivity contribution in [1.29, 1.82) is 0 Å². The summed E-state index contributed by atoms with van der Waals surface area (Å²) in [6.07, 6.45) is -0.239. The molecule has 3 N–H and O–H groups in total. The number of likely N-dealkylation sites (N-methyl/N-ethyl adjacent to an activating group) is 3. The summed E-state index contributed by atoms with van der Waals surface area (Å²) >= 11 is 18.9. The van der Waals surface area contributed by atoms with Crippen LogP contribution in [0.3, 0.4) is 0 Å². The molecule has 2 unspecified atom stereocenters. The van der Waals surface area contributed by atoms with Crippen LogP contribution in [0, 0.1) is 0 Å². The zero-order chi connectivity index (χ0) is 17.0. The van der Waals surface area contributed by atoms with Crippen LogP contribution < -0.4 is 0 Å². The molecule has 6 nitrogen and oxygen atoms in total.